The largest absolute Gasteiger partial charge is 0.394 e. The maximum Gasteiger partial charge on any atom is 0.220 e. The Hall–Kier alpha value is -0.610. The number of aliphatic hydroxyl groups excluding tert-OH is 2. The Morgan fingerprint density at radius 3 is 2.10 bits per heavy atom. The van der Waals surface area contributed by atoms with E-state index in [1.807, 2.05) is 0 Å². The maximum absolute atomic E-state index is 11.8. The molecule has 0 saturated carbocycles. The van der Waals surface area contributed by atoms with Gasteiger partial charge in [0.05, 0.1) is 18.8 Å². The van der Waals surface area contributed by atoms with Crippen molar-refractivity contribution in [2.24, 2.45) is 0 Å². The van der Waals surface area contributed by atoms with Crippen molar-refractivity contribution in [3.05, 3.63) is 0 Å². The molecule has 0 aromatic heterocycles. The fraction of sp³-hybridized carbons (Fsp3) is 0.941. The highest BCUT2D eigenvalue weighted by Crippen LogP contribution is 2.10. The monoisotopic (exact) mass is 301 g/mol. The SMILES string of the molecule is CCCCCCCC(O)C(CO)NC(=O)CCCCCC. The summed E-state index contributed by atoms with van der Waals surface area (Å²) < 4.78 is 0. The molecule has 3 N–H and O–H groups in total. The highest BCUT2D eigenvalue weighted by atomic mass is 16.3. The smallest absolute Gasteiger partial charge is 0.220 e. The maximum atomic E-state index is 11.8. The summed E-state index contributed by atoms with van der Waals surface area (Å²) in [6, 6.07) is -0.519. The van der Waals surface area contributed by atoms with E-state index < -0.39 is 12.1 Å². The van der Waals surface area contributed by atoms with E-state index in [1.165, 1.54) is 19.3 Å². The molecule has 126 valence electrons. The van der Waals surface area contributed by atoms with E-state index in [0.29, 0.717) is 12.8 Å². The third-order valence-electron chi connectivity index (χ3n) is 3.87. The molecule has 0 fully saturated rings. The Morgan fingerprint density at radius 1 is 0.952 bits per heavy atom. The molecule has 1 amide bonds. The van der Waals surface area contributed by atoms with E-state index in [9.17, 15) is 15.0 Å². The van der Waals surface area contributed by atoms with Crippen molar-refractivity contribution in [2.45, 2.75) is 96.6 Å². The number of carbonyl (C=O) groups is 1. The lowest BCUT2D eigenvalue weighted by molar-refractivity contribution is -0.123. The van der Waals surface area contributed by atoms with Crippen LogP contribution in [-0.4, -0.2) is 34.9 Å². The van der Waals surface area contributed by atoms with Crippen molar-refractivity contribution < 1.29 is 15.0 Å². The van der Waals surface area contributed by atoms with Crippen LogP contribution in [0, 0.1) is 0 Å². The average Bonchev–Trinajstić information content (AvgIpc) is 2.48. The van der Waals surface area contributed by atoms with E-state index in [0.717, 1.165) is 38.5 Å². The molecule has 2 unspecified atom stereocenters. The van der Waals surface area contributed by atoms with Gasteiger partial charge in [0.25, 0.3) is 0 Å². The van der Waals surface area contributed by atoms with Gasteiger partial charge in [0, 0.05) is 6.42 Å². The summed E-state index contributed by atoms with van der Waals surface area (Å²) in [5, 5.41) is 22.1. The minimum absolute atomic E-state index is 0.0600. The van der Waals surface area contributed by atoms with Crippen molar-refractivity contribution in [1.82, 2.24) is 5.32 Å². The van der Waals surface area contributed by atoms with E-state index in [4.69, 9.17) is 0 Å². The Kier molecular flexibility index (Phi) is 13.9. The molecule has 0 aliphatic carbocycles. The van der Waals surface area contributed by atoms with Gasteiger partial charge >= 0.3 is 0 Å². The van der Waals surface area contributed by atoms with Crippen LogP contribution >= 0.6 is 0 Å². The first-order valence-electron chi connectivity index (χ1n) is 8.73. The van der Waals surface area contributed by atoms with Crippen LogP contribution in [0.1, 0.15) is 84.5 Å². The van der Waals surface area contributed by atoms with Gasteiger partial charge in [0.15, 0.2) is 0 Å². The molecule has 2 atom stereocenters. The van der Waals surface area contributed by atoms with Gasteiger partial charge in [0.2, 0.25) is 5.91 Å². The minimum atomic E-state index is -0.642. The number of hydrogen-bond acceptors (Lipinski definition) is 3. The number of carbonyl (C=O) groups excluding carboxylic acids is 1. The summed E-state index contributed by atoms with van der Waals surface area (Å²) in [5.41, 5.74) is 0. The van der Waals surface area contributed by atoms with Gasteiger partial charge in [-0.3, -0.25) is 4.79 Å². The molecule has 0 aliphatic heterocycles. The summed E-state index contributed by atoms with van der Waals surface area (Å²) in [5.74, 6) is -0.0600. The zero-order chi connectivity index (χ0) is 15.9. The third-order valence-corrected chi connectivity index (χ3v) is 3.87. The van der Waals surface area contributed by atoms with Gasteiger partial charge < -0.3 is 15.5 Å². The summed E-state index contributed by atoms with van der Waals surface area (Å²) >= 11 is 0. The molecular formula is C17H35NO3. The fourth-order valence-corrected chi connectivity index (χ4v) is 2.41. The van der Waals surface area contributed by atoms with E-state index in [-0.39, 0.29) is 12.5 Å². The standard InChI is InChI=1S/C17H35NO3/c1-3-5-7-9-10-12-16(20)15(14-19)18-17(21)13-11-8-6-4-2/h15-16,19-20H,3-14H2,1-2H3,(H,18,21). The van der Waals surface area contributed by atoms with Gasteiger partial charge in [-0.05, 0) is 12.8 Å². The summed E-state index contributed by atoms with van der Waals surface area (Å²) in [4.78, 5) is 11.8. The van der Waals surface area contributed by atoms with Crippen molar-refractivity contribution in [1.29, 1.82) is 0 Å². The van der Waals surface area contributed by atoms with E-state index >= 15 is 0 Å². The molecule has 0 aromatic rings. The van der Waals surface area contributed by atoms with Gasteiger partial charge in [-0.1, -0.05) is 65.2 Å². The highest BCUT2D eigenvalue weighted by Gasteiger charge is 2.19. The van der Waals surface area contributed by atoms with Crippen LogP contribution in [0.3, 0.4) is 0 Å². The Bertz CT molecular complexity index is 246. The number of unbranched alkanes of at least 4 members (excludes halogenated alkanes) is 7. The van der Waals surface area contributed by atoms with Crippen molar-refractivity contribution >= 4 is 5.91 Å². The second-order valence-electron chi connectivity index (χ2n) is 5.94. The first kappa shape index (κ1) is 20.4. The number of aliphatic hydroxyl groups is 2. The molecular weight excluding hydrogens is 266 g/mol. The average molecular weight is 301 g/mol. The number of hydrogen-bond donors (Lipinski definition) is 3. The lowest BCUT2D eigenvalue weighted by atomic mass is 10.0. The van der Waals surface area contributed by atoms with E-state index in [1.54, 1.807) is 0 Å². The second-order valence-corrected chi connectivity index (χ2v) is 5.94. The molecule has 0 aliphatic rings. The number of amides is 1. The molecule has 0 spiro atoms. The zero-order valence-corrected chi connectivity index (χ0v) is 13.9. The van der Waals surface area contributed by atoms with E-state index in [2.05, 4.69) is 19.2 Å². The van der Waals surface area contributed by atoms with Crippen LogP contribution in [-0.2, 0) is 4.79 Å². The van der Waals surface area contributed by atoms with Crippen LogP contribution in [0.15, 0.2) is 0 Å². The molecule has 0 saturated heterocycles. The second kappa shape index (κ2) is 14.3. The normalized spacial score (nSPS) is 13.9. The van der Waals surface area contributed by atoms with Crippen LogP contribution in [0.2, 0.25) is 0 Å². The van der Waals surface area contributed by atoms with Crippen molar-refractivity contribution in [3.63, 3.8) is 0 Å². The first-order valence-corrected chi connectivity index (χ1v) is 8.73. The lowest BCUT2D eigenvalue weighted by Crippen LogP contribution is -2.45. The molecule has 21 heavy (non-hydrogen) atoms. The molecule has 0 rings (SSSR count). The molecule has 0 bridgehead atoms. The summed E-state index contributed by atoms with van der Waals surface area (Å²) in [6.45, 7) is 4.11. The van der Waals surface area contributed by atoms with Crippen molar-refractivity contribution in [2.75, 3.05) is 6.61 Å². The zero-order valence-electron chi connectivity index (χ0n) is 13.9. The fourth-order valence-electron chi connectivity index (χ4n) is 2.41. The molecule has 0 radical (unpaired) electrons. The molecule has 0 aromatic carbocycles. The van der Waals surface area contributed by atoms with Crippen LogP contribution in [0.5, 0.6) is 0 Å². The first-order chi connectivity index (χ1) is 10.2. The number of nitrogens with one attached hydrogen (secondary N) is 1. The Labute approximate surface area is 130 Å². The quantitative estimate of drug-likeness (QED) is 0.432. The summed E-state index contributed by atoms with van der Waals surface area (Å²) in [7, 11) is 0. The van der Waals surface area contributed by atoms with Gasteiger partial charge in [-0.15, -0.1) is 0 Å². The molecule has 4 heteroatoms. The summed E-state index contributed by atoms with van der Waals surface area (Å²) in [6.07, 6.45) is 10.4. The number of rotatable bonds is 14. The molecule has 0 heterocycles. The Morgan fingerprint density at radius 2 is 1.52 bits per heavy atom. The predicted molar refractivity (Wildman–Crippen MR) is 87.2 cm³/mol. The topological polar surface area (TPSA) is 69.6 Å². The predicted octanol–water partition coefficient (Wildman–Crippen LogP) is 3.16. The van der Waals surface area contributed by atoms with Gasteiger partial charge in [0.1, 0.15) is 0 Å². The van der Waals surface area contributed by atoms with Crippen LogP contribution < -0.4 is 5.32 Å². The lowest BCUT2D eigenvalue weighted by Gasteiger charge is -2.22. The highest BCUT2D eigenvalue weighted by molar-refractivity contribution is 5.76. The van der Waals surface area contributed by atoms with Crippen LogP contribution in [0.4, 0.5) is 0 Å². The van der Waals surface area contributed by atoms with Gasteiger partial charge in [-0.25, -0.2) is 0 Å². The van der Waals surface area contributed by atoms with Crippen molar-refractivity contribution in [3.8, 4) is 0 Å². The van der Waals surface area contributed by atoms with Crippen LogP contribution in [0.25, 0.3) is 0 Å². The third kappa shape index (κ3) is 11.7. The van der Waals surface area contributed by atoms with Gasteiger partial charge in [-0.2, -0.15) is 0 Å². The minimum Gasteiger partial charge on any atom is -0.394 e. The molecule has 4 nitrogen and oxygen atoms in total. The Balaban J connectivity index is 3.82.